The standard InChI is InChI=1S/C16H22N4/c17-11-14(18)20-16(13-9-5-2-6-10-13)15(19)12-7-3-1-4-8-12/h1-10,14-16,20H,11,17-19H2/t14?,15-,16-/m1/s1. The lowest BCUT2D eigenvalue weighted by Gasteiger charge is -2.28. The van der Waals surface area contributed by atoms with Crippen molar-refractivity contribution in [1.82, 2.24) is 5.32 Å². The summed E-state index contributed by atoms with van der Waals surface area (Å²) >= 11 is 0. The average Bonchev–Trinajstić information content (AvgIpc) is 2.53. The molecule has 2 rings (SSSR count). The van der Waals surface area contributed by atoms with Gasteiger partial charge in [-0.1, -0.05) is 60.7 Å². The van der Waals surface area contributed by atoms with Crippen molar-refractivity contribution in [2.75, 3.05) is 6.54 Å². The first-order valence-corrected chi connectivity index (χ1v) is 6.79. The Balaban J connectivity index is 2.27. The van der Waals surface area contributed by atoms with E-state index < -0.39 is 0 Å². The summed E-state index contributed by atoms with van der Waals surface area (Å²) in [5.41, 5.74) is 20.1. The second-order valence-corrected chi connectivity index (χ2v) is 4.83. The molecule has 0 heterocycles. The average molecular weight is 270 g/mol. The number of nitrogens with one attached hydrogen (secondary N) is 1. The number of hydrogen-bond donors (Lipinski definition) is 4. The second kappa shape index (κ2) is 7.17. The van der Waals surface area contributed by atoms with Gasteiger partial charge in [-0.15, -0.1) is 0 Å². The maximum atomic E-state index is 6.42. The lowest BCUT2D eigenvalue weighted by atomic mass is 9.94. The molecule has 4 nitrogen and oxygen atoms in total. The van der Waals surface area contributed by atoms with Crippen LogP contribution in [0.3, 0.4) is 0 Å². The van der Waals surface area contributed by atoms with Crippen LogP contribution in [0.1, 0.15) is 23.2 Å². The third-order valence-electron chi connectivity index (χ3n) is 3.35. The summed E-state index contributed by atoms with van der Waals surface area (Å²) in [6.07, 6.45) is -0.282. The second-order valence-electron chi connectivity index (χ2n) is 4.83. The third-order valence-corrected chi connectivity index (χ3v) is 3.35. The number of benzene rings is 2. The zero-order valence-corrected chi connectivity index (χ0v) is 11.4. The molecular weight excluding hydrogens is 248 g/mol. The molecule has 7 N–H and O–H groups in total. The minimum absolute atomic E-state index is 0.0721. The zero-order valence-electron chi connectivity index (χ0n) is 11.4. The van der Waals surface area contributed by atoms with Crippen LogP contribution in [0.15, 0.2) is 60.7 Å². The van der Waals surface area contributed by atoms with Crippen molar-refractivity contribution in [2.45, 2.75) is 18.2 Å². The van der Waals surface area contributed by atoms with Crippen molar-refractivity contribution in [3.05, 3.63) is 71.8 Å². The Kier molecular flexibility index (Phi) is 5.26. The fraction of sp³-hybridized carbons (Fsp3) is 0.250. The summed E-state index contributed by atoms with van der Waals surface area (Å²) < 4.78 is 0. The van der Waals surface area contributed by atoms with Crippen molar-refractivity contribution in [3.8, 4) is 0 Å². The number of rotatable bonds is 6. The van der Waals surface area contributed by atoms with Gasteiger partial charge in [-0.2, -0.15) is 0 Å². The Hall–Kier alpha value is -1.72. The highest BCUT2D eigenvalue weighted by Crippen LogP contribution is 2.26. The van der Waals surface area contributed by atoms with Crippen molar-refractivity contribution < 1.29 is 0 Å². The van der Waals surface area contributed by atoms with Gasteiger partial charge in [0.2, 0.25) is 0 Å². The summed E-state index contributed by atoms with van der Waals surface area (Å²) in [5, 5.41) is 3.31. The van der Waals surface area contributed by atoms with E-state index in [1.54, 1.807) is 0 Å². The first kappa shape index (κ1) is 14.7. The fourth-order valence-electron chi connectivity index (χ4n) is 2.23. The molecule has 2 aromatic carbocycles. The topological polar surface area (TPSA) is 90.1 Å². The van der Waals surface area contributed by atoms with Crippen LogP contribution in [0.2, 0.25) is 0 Å². The van der Waals surface area contributed by atoms with E-state index in [1.807, 2.05) is 60.7 Å². The molecule has 2 aromatic rings. The minimum Gasteiger partial charge on any atom is -0.328 e. The molecule has 3 atom stereocenters. The van der Waals surface area contributed by atoms with Gasteiger partial charge in [-0.25, -0.2) is 0 Å². The maximum absolute atomic E-state index is 6.42. The molecule has 0 aromatic heterocycles. The predicted molar refractivity (Wildman–Crippen MR) is 82.7 cm³/mol. The monoisotopic (exact) mass is 270 g/mol. The normalized spacial score (nSPS) is 15.6. The zero-order chi connectivity index (χ0) is 14.4. The van der Waals surface area contributed by atoms with Gasteiger partial charge in [0.1, 0.15) is 0 Å². The summed E-state index contributed by atoms with van der Waals surface area (Å²) in [6, 6.07) is 19.8. The molecule has 0 bridgehead atoms. The van der Waals surface area contributed by atoms with Crippen molar-refractivity contribution in [1.29, 1.82) is 0 Å². The molecule has 0 aliphatic heterocycles. The van der Waals surface area contributed by atoms with Gasteiger partial charge in [0, 0.05) is 12.6 Å². The highest BCUT2D eigenvalue weighted by Gasteiger charge is 2.22. The molecule has 0 aliphatic rings. The van der Waals surface area contributed by atoms with E-state index in [2.05, 4.69) is 5.32 Å². The molecule has 0 fully saturated rings. The summed E-state index contributed by atoms with van der Waals surface area (Å²) in [7, 11) is 0. The molecule has 1 unspecified atom stereocenters. The van der Waals surface area contributed by atoms with Crippen LogP contribution >= 0.6 is 0 Å². The Morgan fingerprint density at radius 1 is 0.800 bits per heavy atom. The first-order valence-electron chi connectivity index (χ1n) is 6.79. The van der Waals surface area contributed by atoms with Crippen molar-refractivity contribution in [3.63, 3.8) is 0 Å². The SMILES string of the molecule is NCC(N)N[C@H](c1ccccc1)[C@H](N)c1ccccc1. The van der Waals surface area contributed by atoms with Crippen LogP contribution < -0.4 is 22.5 Å². The molecule has 0 spiro atoms. The molecule has 0 saturated heterocycles. The molecular formula is C16H22N4. The molecule has 0 aliphatic carbocycles. The summed E-state index contributed by atoms with van der Waals surface area (Å²) in [6.45, 7) is 0.366. The van der Waals surface area contributed by atoms with Gasteiger partial charge in [0.25, 0.3) is 0 Å². The Morgan fingerprint density at radius 2 is 1.30 bits per heavy atom. The summed E-state index contributed by atoms with van der Waals surface area (Å²) in [5.74, 6) is 0. The molecule has 4 heteroatoms. The molecule has 0 saturated carbocycles. The Morgan fingerprint density at radius 3 is 1.80 bits per heavy atom. The van der Waals surface area contributed by atoms with Crippen LogP contribution in [-0.2, 0) is 0 Å². The molecule has 0 radical (unpaired) electrons. The summed E-state index contributed by atoms with van der Waals surface area (Å²) in [4.78, 5) is 0. The van der Waals surface area contributed by atoms with Crippen LogP contribution in [0, 0.1) is 0 Å². The van der Waals surface area contributed by atoms with Crippen LogP contribution in [-0.4, -0.2) is 12.7 Å². The van der Waals surface area contributed by atoms with Gasteiger partial charge >= 0.3 is 0 Å². The van der Waals surface area contributed by atoms with E-state index in [1.165, 1.54) is 0 Å². The van der Waals surface area contributed by atoms with Crippen molar-refractivity contribution >= 4 is 0 Å². The van der Waals surface area contributed by atoms with E-state index >= 15 is 0 Å². The van der Waals surface area contributed by atoms with Gasteiger partial charge in [-0.3, -0.25) is 5.32 Å². The molecule has 0 amide bonds. The molecule has 106 valence electrons. The van der Waals surface area contributed by atoms with E-state index in [0.29, 0.717) is 6.54 Å². The first-order chi connectivity index (χ1) is 9.72. The lowest BCUT2D eigenvalue weighted by molar-refractivity contribution is 0.395. The van der Waals surface area contributed by atoms with Gasteiger partial charge in [0.05, 0.1) is 12.2 Å². The largest absolute Gasteiger partial charge is 0.328 e. The lowest BCUT2D eigenvalue weighted by Crippen LogP contribution is -2.47. The highest BCUT2D eigenvalue weighted by molar-refractivity contribution is 5.27. The Labute approximate surface area is 120 Å². The van der Waals surface area contributed by atoms with Gasteiger partial charge in [-0.05, 0) is 11.1 Å². The maximum Gasteiger partial charge on any atom is 0.0678 e. The van der Waals surface area contributed by atoms with Crippen LogP contribution in [0.5, 0.6) is 0 Å². The molecule has 20 heavy (non-hydrogen) atoms. The Bertz CT molecular complexity index is 500. The predicted octanol–water partition coefficient (Wildman–Crippen LogP) is 1.26. The van der Waals surface area contributed by atoms with Crippen molar-refractivity contribution in [2.24, 2.45) is 17.2 Å². The van der Waals surface area contributed by atoms with Crippen LogP contribution in [0.4, 0.5) is 0 Å². The smallest absolute Gasteiger partial charge is 0.0678 e. The van der Waals surface area contributed by atoms with E-state index in [9.17, 15) is 0 Å². The quantitative estimate of drug-likeness (QED) is 0.595. The van der Waals surface area contributed by atoms with E-state index in [0.717, 1.165) is 11.1 Å². The van der Waals surface area contributed by atoms with Gasteiger partial charge in [0.15, 0.2) is 0 Å². The van der Waals surface area contributed by atoms with Gasteiger partial charge < -0.3 is 17.2 Å². The highest BCUT2D eigenvalue weighted by atomic mass is 15.1. The number of nitrogens with two attached hydrogens (primary N) is 3. The van der Waals surface area contributed by atoms with E-state index in [-0.39, 0.29) is 18.2 Å². The minimum atomic E-state index is -0.282. The number of hydrogen-bond acceptors (Lipinski definition) is 4. The van der Waals surface area contributed by atoms with E-state index in [4.69, 9.17) is 17.2 Å². The third kappa shape index (κ3) is 3.65. The fourth-order valence-corrected chi connectivity index (χ4v) is 2.23. The van der Waals surface area contributed by atoms with Crippen LogP contribution in [0.25, 0.3) is 0 Å².